The van der Waals surface area contributed by atoms with Crippen LogP contribution in [0.3, 0.4) is 0 Å². The molecule has 8 rings (SSSR count). The van der Waals surface area contributed by atoms with Crippen molar-refractivity contribution >= 4 is 27.1 Å². The van der Waals surface area contributed by atoms with Gasteiger partial charge in [0, 0.05) is 67.7 Å². The fourth-order valence-electron chi connectivity index (χ4n) is 9.31. The number of fused-ring (bicyclic) bond motifs is 4. The summed E-state index contributed by atoms with van der Waals surface area (Å²) in [6.07, 6.45) is 13.4. The topological polar surface area (TPSA) is 103 Å². The van der Waals surface area contributed by atoms with Crippen molar-refractivity contribution < 1.29 is 23.3 Å². The van der Waals surface area contributed by atoms with Crippen molar-refractivity contribution in [3.05, 3.63) is 88.8 Å². The monoisotopic (exact) mass is 710 g/mol. The number of methoxy groups -OCH3 is 1. The second-order valence-electron chi connectivity index (χ2n) is 15.7. The molecule has 0 radical (unpaired) electrons. The van der Waals surface area contributed by atoms with E-state index in [0.29, 0.717) is 43.3 Å². The lowest BCUT2D eigenvalue weighted by Crippen LogP contribution is -2.49. The SMILES string of the molecule is CO[C@H]1/C=C/CCC[S@@](=O)(CC(=O)[C@H]2C[C@@H]2c2ccnn2C)=NC(=O)c2ccc3c(c2)N(C[C@@H]2CC[C@H]21)C[C@@]1(CCCc2cc(C)ccc21)CO3. The van der Waals surface area contributed by atoms with Gasteiger partial charge < -0.3 is 14.4 Å². The number of amides is 1. The number of hydrogen-bond acceptors (Lipinski definition) is 7. The third-order valence-electron chi connectivity index (χ3n) is 12.3. The summed E-state index contributed by atoms with van der Waals surface area (Å²) in [7, 11) is 0.509. The maximum absolute atomic E-state index is 14.5. The van der Waals surface area contributed by atoms with E-state index in [-0.39, 0.29) is 40.6 Å². The number of carbonyl (C=O) groups is 2. The normalized spacial score (nSPS) is 32.4. The van der Waals surface area contributed by atoms with Crippen molar-refractivity contribution in [2.45, 2.75) is 75.7 Å². The molecular formula is C41H50N4O5S. The number of ether oxygens (including phenoxy) is 2. The standard InChI is InChI=1S/C41H50N4O5S/c1-27-10-14-34-28(20-27)8-7-17-41(34)25-45-23-30-11-13-31(30)38(49-3)9-5-4-6-19-51(48,24-37(46)33-22-32(33)35-16-18-42-44(35)2)43-40(47)29-12-15-39(50-26-41)36(45)21-29/h5,9-10,12,14-16,18,20-21,30-33,38H,4,6-8,11,13,17,19,22-26H2,1-3H3/b9-5+/t30-,31+,32-,33-,38-,41-,51+/m0/s1. The molecule has 2 fully saturated rings. The van der Waals surface area contributed by atoms with E-state index in [4.69, 9.17) is 9.47 Å². The molecule has 10 heteroatoms. The van der Waals surface area contributed by atoms with Crippen molar-refractivity contribution in [2.24, 2.45) is 29.2 Å². The quantitative estimate of drug-likeness (QED) is 0.276. The molecule has 2 aliphatic heterocycles. The van der Waals surface area contributed by atoms with Crippen LogP contribution in [0.5, 0.6) is 5.75 Å². The number of hydrogen-bond donors (Lipinski definition) is 0. The van der Waals surface area contributed by atoms with Gasteiger partial charge in [-0.3, -0.25) is 14.3 Å². The molecule has 0 N–H and O–H groups in total. The number of rotatable bonds is 5. The maximum atomic E-state index is 14.5. The van der Waals surface area contributed by atoms with E-state index in [0.717, 1.165) is 62.3 Å². The average molecular weight is 711 g/mol. The molecule has 5 aliphatic rings. The molecule has 3 aliphatic carbocycles. The van der Waals surface area contributed by atoms with E-state index in [2.05, 4.69) is 51.6 Å². The molecule has 7 atom stereocenters. The van der Waals surface area contributed by atoms with E-state index in [1.807, 2.05) is 25.2 Å². The lowest BCUT2D eigenvalue weighted by atomic mass is 9.68. The third-order valence-corrected chi connectivity index (χ3v) is 14.5. The molecule has 51 heavy (non-hydrogen) atoms. The molecule has 1 spiro atoms. The van der Waals surface area contributed by atoms with Crippen LogP contribution in [0, 0.1) is 24.7 Å². The number of aromatic nitrogens is 2. The van der Waals surface area contributed by atoms with Crippen molar-refractivity contribution in [3.63, 3.8) is 0 Å². The van der Waals surface area contributed by atoms with Crippen LogP contribution in [-0.2, 0) is 38.1 Å². The van der Waals surface area contributed by atoms with Gasteiger partial charge in [0.15, 0.2) is 0 Å². The van der Waals surface area contributed by atoms with E-state index < -0.39 is 15.6 Å². The molecule has 0 saturated heterocycles. The Bertz CT molecular complexity index is 1990. The Morgan fingerprint density at radius 1 is 1.14 bits per heavy atom. The molecule has 1 aromatic heterocycles. The van der Waals surface area contributed by atoms with E-state index in [1.165, 1.54) is 16.7 Å². The first-order chi connectivity index (χ1) is 24.6. The maximum Gasteiger partial charge on any atom is 0.285 e. The Kier molecular flexibility index (Phi) is 9.19. The summed E-state index contributed by atoms with van der Waals surface area (Å²) in [6.45, 7) is 4.34. The van der Waals surface area contributed by atoms with Crippen LogP contribution in [-0.4, -0.2) is 70.1 Å². The first kappa shape index (κ1) is 34.3. The fourth-order valence-corrected chi connectivity index (χ4v) is 11.3. The lowest BCUT2D eigenvalue weighted by molar-refractivity contribution is -0.117. The van der Waals surface area contributed by atoms with Crippen molar-refractivity contribution in [2.75, 3.05) is 43.2 Å². The molecule has 2 bridgehead atoms. The number of anilines is 1. The van der Waals surface area contributed by atoms with Crippen LogP contribution in [0.1, 0.15) is 83.6 Å². The zero-order valence-electron chi connectivity index (χ0n) is 30.1. The summed E-state index contributed by atoms with van der Waals surface area (Å²) in [5, 5.41) is 4.26. The summed E-state index contributed by atoms with van der Waals surface area (Å²) < 4.78 is 33.5. The Hall–Kier alpha value is -3.76. The molecule has 3 aromatic rings. The lowest BCUT2D eigenvalue weighted by Gasteiger charge is -2.46. The van der Waals surface area contributed by atoms with E-state index >= 15 is 0 Å². The van der Waals surface area contributed by atoms with Gasteiger partial charge in [0.2, 0.25) is 0 Å². The highest BCUT2D eigenvalue weighted by atomic mass is 32.2. The Balaban J connectivity index is 1.15. The van der Waals surface area contributed by atoms with Crippen molar-refractivity contribution in [3.8, 4) is 5.75 Å². The highest BCUT2D eigenvalue weighted by molar-refractivity contribution is 7.94. The van der Waals surface area contributed by atoms with Gasteiger partial charge in [-0.05, 0) is 106 Å². The van der Waals surface area contributed by atoms with E-state index in [1.54, 1.807) is 24.1 Å². The number of nitrogens with zero attached hydrogens (tertiary/aromatic N) is 4. The molecule has 2 aromatic carbocycles. The second-order valence-corrected chi connectivity index (χ2v) is 18.2. The predicted octanol–water partition coefficient (Wildman–Crippen LogP) is 6.57. The van der Waals surface area contributed by atoms with Gasteiger partial charge in [0.05, 0.1) is 33.9 Å². The molecule has 270 valence electrons. The molecule has 1 amide bonds. The van der Waals surface area contributed by atoms with Crippen LogP contribution in [0.15, 0.2) is 65.2 Å². The van der Waals surface area contributed by atoms with Crippen LogP contribution >= 0.6 is 0 Å². The van der Waals surface area contributed by atoms with Crippen LogP contribution in [0.2, 0.25) is 0 Å². The van der Waals surface area contributed by atoms with Crippen LogP contribution in [0.25, 0.3) is 0 Å². The molecule has 0 unspecified atom stereocenters. The van der Waals surface area contributed by atoms with Gasteiger partial charge in [-0.25, -0.2) is 4.21 Å². The zero-order valence-corrected chi connectivity index (χ0v) is 30.9. The number of Topliss-reactive ketones (excluding diaryl/α,β-unsaturated/α-hetero) is 1. The fraction of sp³-hybridized carbons (Fsp3) is 0.537. The molecule has 2 saturated carbocycles. The zero-order chi connectivity index (χ0) is 35.3. The first-order valence-electron chi connectivity index (χ1n) is 18.7. The van der Waals surface area contributed by atoms with Gasteiger partial charge >= 0.3 is 0 Å². The van der Waals surface area contributed by atoms with Crippen molar-refractivity contribution in [1.29, 1.82) is 0 Å². The highest BCUT2D eigenvalue weighted by Crippen LogP contribution is 2.49. The van der Waals surface area contributed by atoms with Gasteiger partial charge in [0.1, 0.15) is 11.5 Å². The summed E-state index contributed by atoms with van der Waals surface area (Å²) in [4.78, 5) is 30.0. The Morgan fingerprint density at radius 2 is 2.02 bits per heavy atom. The summed E-state index contributed by atoms with van der Waals surface area (Å²) in [5.41, 5.74) is 6.15. The third kappa shape index (κ3) is 6.70. The minimum absolute atomic E-state index is 0.00553. The minimum Gasteiger partial charge on any atom is -0.490 e. The number of benzene rings is 2. The average Bonchev–Trinajstić information content (AvgIpc) is 3.81. The van der Waals surface area contributed by atoms with Crippen LogP contribution in [0.4, 0.5) is 5.69 Å². The van der Waals surface area contributed by atoms with E-state index in [9.17, 15) is 13.8 Å². The Labute approximate surface area is 302 Å². The summed E-state index contributed by atoms with van der Waals surface area (Å²) in [5.74, 6) is 0.776. The smallest absolute Gasteiger partial charge is 0.285 e. The summed E-state index contributed by atoms with van der Waals surface area (Å²) >= 11 is 0. The molecular weight excluding hydrogens is 661 g/mol. The van der Waals surface area contributed by atoms with Crippen LogP contribution < -0.4 is 9.64 Å². The van der Waals surface area contributed by atoms with Gasteiger partial charge in [-0.15, -0.1) is 0 Å². The second kappa shape index (κ2) is 13.7. The Morgan fingerprint density at radius 3 is 2.80 bits per heavy atom. The molecule has 3 heterocycles. The largest absolute Gasteiger partial charge is 0.490 e. The number of ketones is 1. The highest BCUT2D eigenvalue weighted by Gasteiger charge is 2.47. The molecule has 9 nitrogen and oxygen atoms in total. The first-order valence-corrected chi connectivity index (χ1v) is 20.6. The van der Waals surface area contributed by atoms with Gasteiger partial charge in [0.25, 0.3) is 5.91 Å². The van der Waals surface area contributed by atoms with Gasteiger partial charge in [-0.2, -0.15) is 9.46 Å². The number of allylic oxidation sites excluding steroid dienone is 1. The predicted molar refractivity (Wildman–Crippen MR) is 199 cm³/mol. The number of carbonyl (C=O) groups excluding carboxylic acids is 2. The summed E-state index contributed by atoms with van der Waals surface area (Å²) in [6, 6.07) is 14.3. The van der Waals surface area contributed by atoms with Crippen molar-refractivity contribution in [1.82, 2.24) is 9.78 Å². The van der Waals surface area contributed by atoms with Gasteiger partial charge in [-0.1, -0.05) is 35.9 Å². The minimum atomic E-state index is -3.16. The number of aryl methyl sites for hydroxylation is 3.